The normalized spacial score (nSPS) is 10.1. The van der Waals surface area contributed by atoms with Crippen molar-refractivity contribution in [2.75, 3.05) is 12.0 Å². The maximum absolute atomic E-state index is 11.8. The van der Waals surface area contributed by atoms with Gasteiger partial charge in [-0.25, -0.2) is 15.2 Å². The zero-order valence-corrected chi connectivity index (χ0v) is 12.2. The summed E-state index contributed by atoms with van der Waals surface area (Å²) in [6.45, 7) is 1.88. The van der Waals surface area contributed by atoms with E-state index >= 15 is 0 Å². The number of amides is 2. The summed E-state index contributed by atoms with van der Waals surface area (Å²) in [5.41, 5.74) is 4.33. The first-order valence-corrected chi connectivity index (χ1v) is 6.56. The van der Waals surface area contributed by atoms with E-state index in [2.05, 4.69) is 10.3 Å². The molecule has 0 radical (unpaired) electrons. The van der Waals surface area contributed by atoms with Crippen LogP contribution >= 0.6 is 0 Å². The average Bonchev–Trinajstić information content (AvgIpc) is 2.48. The summed E-state index contributed by atoms with van der Waals surface area (Å²) in [5.74, 6) is -0.445. The molecular formula is C16H16N2O4. The van der Waals surface area contributed by atoms with Gasteiger partial charge in [0.15, 0.2) is 0 Å². The molecule has 114 valence electrons. The van der Waals surface area contributed by atoms with Crippen molar-refractivity contribution in [1.82, 2.24) is 5.48 Å². The van der Waals surface area contributed by atoms with E-state index in [0.717, 1.165) is 10.5 Å². The SMILES string of the molecule is CONC(=O)c1cccc(N(C(=O)O)c2cccc(C)c2)c1. The first kappa shape index (κ1) is 15.5. The Hall–Kier alpha value is -2.86. The van der Waals surface area contributed by atoms with Crippen molar-refractivity contribution in [3.05, 3.63) is 59.7 Å². The number of aryl methyl sites for hydroxylation is 1. The predicted octanol–water partition coefficient (Wildman–Crippen LogP) is 3.10. The Labute approximate surface area is 127 Å². The van der Waals surface area contributed by atoms with E-state index in [1.807, 2.05) is 13.0 Å². The Balaban J connectivity index is 2.44. The van der Waals surface area contributed by atoms with Gasteiger partial charge in [0, 0.05) is 5.56 Å². The molecule has 0 aliphatic carbocycles. The number of benzene rings is 2. The molecule has 2 aromatic rings. The van der Waals surface area contributed by atoms with Gasteiger partial charge in [-0.2, -0.15) is 0 Å². The minimum Gasteiger partial charge on any atom is -0.464 e. The highest BCUT2D eigenvalue weighted by atomic mass is 16.6. The van der Waals surface area contributed by atoms with Gasteiger partial charge in [0.2, 0.25) is 0 Å². The Bertz CT molecular complexity index is 700. The molecule has 0 aliphatic rings. The van der Waals surface area contributed by atoms with E-state index in [0.29, 0.717) is 16.9 Å². The quantitative estimate of drug-likeness (QED) is 0.850. The lowest BCUT2D eigenvalue weighted by Crippen LogP contribution is -2.25. The maximum atomic E-state index is 11.8. The van der Waals surface area contributed by atoms with Crippen LogP contribution in [0, 0.1) is 6.92 Å². The molecule has 6 heteroatoms. The van der Waals surface area contributed by atoms with E-state index in [9.17, 15) is 14.7 Å². The fraction of sp³-hybridized carbons (Fsp3) is 0.125. The third kappa shape index (κ3) is 3.42. The van der Waals surface area contributed by atoms with Crippen LogP contribution in [0.4, 0.5) is 16.2 Å². The molecule has 0 bridgehead atoms. The molecule has 2 N–H and O–H groups in total. The van der Waals surface area contributed by atoms with Gasteiger partial charge in [0.25, 0.3) is 5.91 Å². The molecule has 22 heavy (non-hydrogen) atoms. The summed E-state index contributed by atoms with van der Waals surface area (Å²) >= 11 is 0. The molecular weight excluding hydrogens is 284 g/mol. The van der Waals surface area contributed by atoms with Crippen LogP contribution < -0.4 is 10.4 Å². The smallest absolute Gasteiger partial charge is 0.416 e. The highest BCUT2D eigenvalue weighted by Crippen LogP contribution is 2.27. The van der Waals surface area contributed by atoms with Gasteiger partial charge < -0.3 is 5.11 Å². The summed E-state index contributed by atoms with van der Waals surface area (Å²) in [4.78, 5) is 29.1. The van der Waals surface area contributed by atoms with Crippen LogP contribution in [0.1, 0.15) is 15.9 Å². The van der Waals surface area contributed by atoms with E-state index in [1.54, 1.807) is 36.4 Å². The Morgan fingerprint density at radius 3 is 2.32 bits per heavy atom. The minimum atomic E-state index is -1.13. The van der Waals surface area contributed by atoms with Crippen LogP contribution in [0.5, 0.6) is 0 Å². The molecule has 0 saturated heterocycles. The first-order valence-electron chi connectivity index (χ1n) is 6.56. The third-order valence-electron chi connectivity index (χ3n) is 3.01. The second kappa shape index (κ2) is 6.73. The van der Waals surface area contributed by atoms with Crippen molar-refractivity contribution in [1.29, 1.82) is 0 Å². The monoisotopic (exact) mass is 300 g/mol. The van der Waals surface area contributed by atoms with Crippen LogP contribution in [0.15, 0.2) is 48.5 Å². The lowest BCUT2D eigenvalue weighted by molar-refractivity contribution is 0.0537. The fourth-order valence-electron chi connectivity index (χ4n) is 2.07. The van der Waals surface area contributed by atoms with Crippen LogP contribution in [0.2, 0.25) is 0 Å². The summed E-state index contributed by atoms with van der Waals surface area (Å²) in [7, 11) is 1.33. The zero-order chi connectivity index (χ0) is 16.1. The van der Waals surface area contributed by atoms with Gasteiger partial charge >= 0.3 is 6.09 Å². The number of carboxylic acid groups (broad SMARTS) is 1. The molecule has 0 atom stereocenters. The predicted molar refractivity (Wildman–Crippen MR) is 82.3 cm³/mol. The van der Waals surface area contributed by atoms with Crippen LogP contribution in [-0.2, 0) is 4.84 Å². The third-order valence-corrected chi connectivity index (χ3v) is 3.01. The summed E-state index contributed by atoms with van der Waals surface area (Å²) in [5, 5.41) is 9.50. The number of hydrogen-bond acceptors (Lipinski definition) is 3. The minimum absolute atomic E-state index is 0.304. The lowest BCUT2D eigenvalue weighted by Gasteiger charge is -2.20. The maximum Gasteiger partial charge on any atom is 0.416 e. The number of hydroxylamine groups is 1. The van der Waals surface area contributed by atoms with E-state index in [1.165, 1.54) is 13.2 Å². The van der Waals surface area contributed by atoms with E-state index < -0.39 is 12.0 Å². The van der Waals surface area contributed by atoms with Crippen molar-refractivity contribution < 1.29 is 19.5 Å². The molecule has 2 rings (SSSR count). The molecule has 6 nitrogen and oxygen atoms in total. The van der Waals surface area contributed by atoms with Crippen LogP contribution in [0.25, 0.3) is 0 Å². The molecule has 2 aromatic carbocycles. The summed E-state index contributed by atoms with van der Waals surface area (Å²) < 4.78 is 0. The molecule has 0 aromatic heterocycles. The number of rotatable bonds is 4. The summed E-state index contributed by atoms with van der Waals surface area (Å²) in [6, 6.07) is 13.4. The topological polar surface area (TPSA) is 78.9 Å². The van der Waals surface area contributed by atoms with Gasteiger partial charge in [-0.05, 0) is 42.8 Å². The number of anilines is 2. The molecule has 0 fully saturated rings. The molecule has 0 unspecified atom stereocenters. The van der Waals surface area contributed by atoms with E-state index in [-0.39, 0.29) is 0 Å². The average molecular weight is 300 g/mol. The van der Waals surface area contributed by atoms with Gasteiger partial charge in [-0.15, -0.1) is 0 Å². The second-order valence-electron chi connectivity index (χ2n) is 4.64. The van der Waals surface area contributed by atoms with Crippen molar-refractivity contribution in [3.8, 4) is 0 Å². The van der Waals surface area contributed by atoms with E-state index in [4.69, 9.17) is 0 Å². The van der Waals surface area contributed by atoms with Crippen molar-refractivity contribution in [2.24, 2.45) is 0 Å². The van der Waals surface area contributed by atoms with Gasteiger partial charge in [0.05, 0.1) is 18.5 Å². The van der Waals surface area contributed by atoms with Crippen molar-refractivity contribution in [3.63, 3.8) is 0 Å². The van der Waals surface area contributed by atoms with Crippen LogP contribution in [0.3, 0.4) is 0 Å². The molecule has 0 saturated carbocycles. The van der Waals surface area contributed by atoms with Gasteiger partial charge in [-0.1, -0.05) is 18.2 Å². The lowest BCUT2D eigenvalue weighted by atomic mass is 10.1. The number of nitrogens with zero attached hydrogens (tertiary/aromatic N) is 1. The van der Waals surface area contributed by atoms with Crippen LogP contribution in [-0.4, -0.2) is 24.2 Å². The zero-order valence-electron chi connectivity index (χ0n) is 12.2. The summed E-state index contributed by atoms with van der Waals surface area (Å²) in [6.07, 6.45) is -1.13. The fourth-order valence-corrected chi connectivity index (χ4v) is 2.07. The molecule has 0 spiro atoms. The number of carbonyl (C=O) groups is 2. The Morgan fingerprint density at radius 1 is 1.09 bits per heavy atom. The number of nitrogens with one attached hydrogen (secondary N) is 1. The second-order valence-corrected chi connectivity index (χ2v) is 4.64. The Morgan fingerprint density at radius 2 is 1.73 bits per heavy atom. The first-order chi connectivity index (χ1) is 10.5. The molecule has 0 heterocycles. The van der Waals surface area contributed by atoms with Gasteiger partial charge in [0.1, 0.15) is 0 Å². The standard InChI is InChI=1S/C16H16N2O4/c1-11-5-3-7-13(9-11)18(16(20)21)14-8-4-6-12(10-14)15(19)17-22-2/h3-10H,1-2H3,(H,17,19)(H,20,21). The molecule has 0 aliphatic heterocycles. The number of hydrogen-bond donors (Lipinski definition) is 2. The highest BCUT2D eigenvalue weighted by molar-refractivity contribution is 5.98. The number of carbonyl (C=O) groups excluding carboxylic acids is 1. The Kier molecular flexibility index (Phi) is 4.75. The van der Waals surface area contributed by atoms with Crippen molar-refractivity contribution in [2.45, 2.75) is 6.92 Å². The largest absolute Gasteiger partial charge is 0.464 e. The molecule has 2 amide bonds. The van der Waals surface area contributed by atoms with Crippen molar-refractivity contribution >= 4 is 23.4 Å². The van der Waals surface area contributed by atoms with Gasteiger partial charge in [-0.3, -0.25) is 9.63 Å². The highest BCUT2D eigenvalue weighted by Gasteiger charge is 2.18.